The van der Waals surface area contributed by atoms with Crippen LogP contribution in [-0.4, -0.2) is 35.6 Å². The number of rotatable bonds is 23. The molecule has 2 nitrogen and oxygen atoms in total. The Hall–Kier alpha value is -0.0800. The second-order valence-corrected chi connectivity index (χ2v) is 11.7. The lowest BCUT2D eigenvalue weighted by atomic mass is 9.99. The highest BCUT2D eigenvalue weighted by Gasteiger charge is 2.34. The Balaban J connectivity index is 0. The summed E-state index contributed by atoms with van der Waals surface area (Å²) in [6, 6.07) is 0. The third kappa shape index (κ3) is 19.4. The van der Waals surface area contributed by atoms with Gasteiger partial charge in [0.15, 0.2) is 0 Å². The van der Waals surface area contributed by atoms with E-state index in [1.807, 2.05) is 0 Å². The van der Waals surface area contributed by atoms with Gasteiger partial charge in [-0.25, -0.2) is 0 Å². The molecule has 0 aromatic rings. The van der Waals surface area contributed by atoms with Crippen LogP contribution in [0.2, 0.25) is 0 Å². The molecule has 0 aromatic heterocycles. The van der Waals surface area contributed by atoms with Gasteiger partial charge in [-0.2, -0.15) is 0 Å². The highest BCUT2D eigenvalue weighted by molar-refractivity contribution is 4.63. The van der Waals surface area contributed by atoms with Crippen LogP contribution >= 0.6 is 0 Å². The van der Waals surface area contributed by atoms with Gasteiger partial charge < -0.3 is 9.96 Å². The minimum atomic E-state index is 0. The van der Waals surface area contributed by atoms with Crippen LogP contribution in [0.1, 0.15) is 169 Å². The van der Waals surface area contributed by atoms with E-state index >= 15 is 0 Å². The number of nitrogens with zero attached hydrogens (tertiary/aromatic N) is 1. The molecule has 1 unspecified atom stereocenters. The molecule has 0 aliphatic rings. The molecule has 1 atom stereocenters. The summed E-state index contributed by atoms with van der Waals surface area (Å²) < 4.78 is 1.27. The van der Waals surface area contributed by atoms with Gasteiger partial charge >= 0.3 is 0 Å². The molecule has 0 saturated carbocycles. The molecule has 0 aliphatic heterocycles. The van der Waals surface area contributed by atoms with Crippen molar-refractivity contribution in [3.8, 4) is 0 Å². The molecule has 0 amide bonds. The second kappa shape index (κ2) is 22.7. The number of hydrogen-bond donors (Lipinski definition) is 0. The quantitative estimate of drug-likeness (QED) is 0.111. The van der Waals surface area contributed by atoms with Crippen molar-refractivity contribution < 1.29 is 9.96 Å². The van der Waals surface area contributed by atoms with Crippen molar-refractivity contribution in [2.24, 2.45) is 0 Å². The Labute approximate surface area is 205 Å². The zero-order chi connectivity index (χ0) is 23.3. The zero-order valence-corrected chi connectivity index (χ0v) is 23.7. The van der Waals surface area contributed by atoms with Gasteiger partial charge in [0.1, 0.15) is 0 Å². The maximum Gasteiger partial charge on any atom is 0.0905 e. The van der Waals surface area contributed by atoms with Crippen LogP contribution in [0.15, 0.2) is 0 Å². The Bertz CT molecular complexity index is 362. The first-order valence-corrected chi connectivity index (χ1v) is 14.7. The van der Waals surface area contributed by atoms with E-state index in [9.17, 15) is 0 Å². The molecule has 2 heteroatoms. The van der Waals surface area contributed by atoms with E-state index in [1.54, 1.807) is 0 Å². The summed E-state index contributed by atoms with van der Waals surface area (Å²) >= 11 is 0. The van der Waals surface area contributed by atoms with E-state index in [0.717, 1.165) is 0 Å². The normalized spacial score (nSPS) is 13.7. The van der Waals surface area contributed by atoms with Crippen molar-refractivity contribution in [3.05, 3.63) is 0 Å². The minimum Gasteiger partial charge on any atom is -0.870 e. The SMILES string of the molecule is CCCCCCCCCCCCC[N+](C)(CCCCCCCCCCCC)C(C)(C)C.[OH-]. The van der Waals surface area contributed by atoms with E-state index < -0.39 is 0 Å². The van der Waals surface area contributed by atoms with E-state index in [0.29, 0.717) is 5.54 Å². The van der Waals surface area contributed by atoms with Crippen molar-refractivity contribution in [1.29, 1.82) is 0 Å². The topological polar surface area (TPSA) is 30.0 Å². The maximum atomic E-state index is 2.53. The van der Waals surface area contributed by atoms with Gasteiger partial charge in [0.05, 0.1) is 25.7 Å². The van der Waals surface area contributed by atoms with E-state index in [4.69, 9.17) is 0 Å². The Morgan fingerprint density at radius 1 is 0.406 bits per heavy atom. The monoisotopic (exact) mass is 456 g/mol. The molecular weight excluding hydrogens is 390 g/mol. The first-order chi connectivity index (χ1) is 14.9. The number of quaternary nitrogens is 1. The van der Waals surface area contributed by atoms with Crippen molar-refractivity contribution >= 4 is 0 Å². The highest BCUT2D eigenvalue weighted by Crippen LogP contribution is 2.25. The fourth-order valence-corrected chi connectivity index (χ4v) is 4.86. The van der Waals surface area contributed by atoms with Gasteiger partial charge in [-0.05, 0) is 46.5 Å². The first kappa shape index (κ1) is 34.1. The van der Waals surface area contributed by atoms with E-state index in [-0.39, 0.29) is 5.48 Å². The van der Waals surface area contributed by atoms with Crippen molar-refractivity contribution in [1.82, 2.24) is 0 Å². The molecule has 0 saturated heterocycles. The van der Waals surface area contributed by atoms with Crippen LogP contribution in [0.25, 0.3) is 0 Å². The summed E-state index contributed by atoms with van der Waals surface area (Å²) in [6.07, 6.45) is 30.3. The Kier molecular flexibility index (Phi) is 24.2. The zero-order valence-electron chi connectivity index (χ0n) is 23.7. The summed E-state index contributed by atoms with van der Waals surface area (Å²) in [4.78, 5) is 0. The summed E-state index contributed by atoms with van der Waals surface area (Å²) in [5.41, 5.74) is 0.373. The van der Waals surface area contributed by atoms with Gasteiger partial charge in [-0.3, -0.25) is 0 Å². The van der Waals surface area contributed by atoms with Gasteiger partial charge in [0, 0.05) is 0 Å². The smallest absolute Gasteiger partial charge is 0.0905 e. The molecular formula is C30H65NO. The average Bonchev–Trinajstić information content (AvgIpc) is 2.72. The number of hydrogen-bond acceptors (Lipinski definition) is 1. The molecule has 0 spiro atoms. The van der Waals surface area contributed by atoms with Crippen molar-refractivity contribution in [3.63, 3.8) is 0 Å². The van der Waals surface area contributed by atoms with Crippen LogP contribution in [0.5, 0.6) is 0 Å². The van der Waals surface area contributed by atoms with Gasteiger partial charge in [0.25, 0.3) is 0 Å². The standard InChI is InChI=1S/C30H64N.H2O/c1-7-9-11-13-15-17-19-21-23-25-27-29-31(6,30(3,4)5)28-26-24-22-20-18-16-14-12-10-8-2;/h7-29H2,1-6H3;1H2/q+1;/p-1. The maximum absolute atomic E-state index is 2.53. The summed E-state index contributed by atoms with van der Waals surface area (Å²) in [5.74, 6) is 0. The molecule has 0 heterocycles. The molecule has 0 aromatic carbocycles. The lowest BCUT2D eigenvalue weighted by Crippen LogP contribution is -2.58. The van der Waals surface area contributed by atoms with Gasteiger partial charge in [0.2, 0.25) is 0 Å². The first-order valence-electron chi connectivity index (χ1n) is 14.7. The van der Waals surface area contributed by atoms with Crippen molar-refractivity contribution in [2.45, 2.75) is 175 Å². The molecule has 0 rings (SSSR count). The van der Waals surface area contributed by atoms with E-state index in [1.165, 1.54) is 152 Å². The van der Waals surface area contributed by atoms with Gasteiger partial charge in [-0.1, -0.05) is 123 Å². The Morgan fingerprint density at radius 2 is 0.625 bits per heavy atom. The lowest BCUT2D eigenvalue weighted by Gasteiger charge is -2.46. The molecule has 196 valence electrons. The summed E-state index contributed by atoms with van der Waals surface area (Å²) in [7, 11) is 2.53. The fourth-order valence-electron chi connectivity index (χ4n) is 4.86. The molecule has 0 radical (unpaired) electrons. The molecule has 0 aliphatic carbocycles. The van der Waals surface area contributed by atoms with Crippen molar-refractivity contribution in [2.75, 3.05) is 20.1 Å². The third-order valence-electron chi connectivity index (χ3n) is 7.88. The van der Waals surface area contributed by atoms with Crippen LogP contribution in [0.4, 0.5) is 0 Å². The van der Waals surface area contributed by atoms with Crippen LogP contribution in [0.3, 0.4) is 0 Å². The molecule has 0 bridgehead atoms. The lowest BCUT2D eigenvalue weighted by molar-refractivity contribution is -0.953. The molecule has 0 fully saturated rings. The van der Waals surface area contributed by atoms with E-state index in [2.05, 4.69) is 41.7 Å². The second-order valence-electron chi connectivity index (χ2n) is 11.7. The Morgan fingerprint density at radius 3 is 0.844 bits per heavy atom. The number of unbranched alkanes of at least 4 members (excludes halogenated alkanes) is 19. The summed E-state index contributed by atoms with van der Waals surface area (Å²) in [6.45, 7) is 14.7. The van der Waals surface area contributed by atoms with Gasteiger partial charge in [-0.15, -0.1) is 0 Å². The average molecular weight is 456 g/mol. The largest absolute Gasteiger partial charge is 0.870 e. The van der Waals surface area contributed by atoms with Crippen LogP contribution in [0, 0.1) is 0 Å². The fraction of sp³-hybridized carbons (Fsp3) is 1.00. The molecule has 32 heavy (non-hydrogen) atoms. The highest BCUT2D eigenvalue weighted by atomic mass is 16.0. The summed E-state index contributed by atoms with van der Waals surface area (Å²) in [5, 5.41) is 0. The van der Waals surface area contributed by atoms with Crippen LogP contribution in [-0.2, 0) is 0 Å². The minimum absolute atomic E-state index is 0. The third-order valence-corrected chi connectivity index (χ3v) is 7.88. The predicted molar refractivity (Wildman–Crippen MR) is 146 cm³/mol. The molecule has 1 N–H and O–H groups in total. The predicted octanol–water partition coefficient (Wildman–Crippen LogP) is 10.3. The van der Waals surface area contributed by atoms with Crippen LogP contribution < -0.4 is 0 Å².